The van der Waals surface area contributed by atoms with Crippen molar-refractivity contribution in [3.05, 3.63) is 35.0 Å². The van der Waals surface area contributed by atoms with E-state index in [2.05, 4.69) is 24.1 Å². The molecule has 0 aliphatic rings. The van der Waals surface area contributed by atoms with Gasteiger partial charge in [0.25, 0.3) is 5.91 Å². The number of H-pyrrole nitrogens is 1. The predicted octanol–water partition coefficient (Wildman–Crippen LogP) is 4.77. The Balaban J connectivity index is 1.98. The van der Waals surface area contributed by atoms with Crippen LogP contribution in [0.4, 0.5) is 0 Å². The van der Waals surface area contributed by atoms with E-state index in [9.17, 15) is 4.79 Å². The molecule has 0 aliphatic carbocycles. The Hall–Kier alpha value is -1.48. The number of rotatable bonds is 7. The Morgan fingerprint density at radius 3 is 2.86 bits per heavy atom. The summed E-state index contributed by atoms with van der Waals surface area (Å²) in [5, 5.41) is 4.67. The minimum atomic E-state index is -0.0442. The Labute approximate surface area is 131 Å². The molecule has 21 heavy (non-hydrogen) atoms. The summed E-state index contributed by atoms with van der Waals surface area (Å²) < 4.78 is 0. The van der Waals surface area contributed by atoms with Gasteiger partial charge in [0.15, 0.2) is 0 Å². The summed E-state index contributed by atoms with van der Waals surface area (Å²) in [5.74, 6) is 0.519. The van der Waals surface area contributed by atoms with Gasteiger partial charge in [-0.3, -0.25) is 4.79 Å². The Kier molecular flexibility index (Phi) is 5.68. The summed E-state index contributed by atoms with van der Waals surface area (Å²) in [7, 11) is 0. The number of carbonyl (C=O) groups excluding carboxylic acids is 1. The number of benzene rings is 1. The van der Waals surface area contributed by atoms with Crippen molar-refractivity contribution in [2.24, 2.45) is 5.92 Å². The highest BCUT2D eigenvalue weighted by Crippen LogP contribution is 2.20. The molecule has 4 heteroatoms. The van der Waals surface area contributed by atoms with Crippen molar-refractivity contribution in [2.45, 2.75) is 39.5 Å². The van der Waals surface area contributed by atoms with Crippen LogP contribution < -0.4 is 5.32 Å². The van der Waals surface area contributed by atoms with E-state index < -0.39 is 0 Å². The van der Waals surface area contributed by atoms with Gasteiger partial charge in [-0.1, -0.05) is 44.7 Å². The number of aromatic amines is 1. The van der Waals surface area contributed by atoms with Gasteiger partial charge in [-0.25, -0.2) is 0 Å². The fraction of sp³-hybridized carbons (Fsp3) is 0.471. The maximum Gasteiger partial charge on any atom is 0.267 e. The third-order valence-electron chi connectivity index (χ3n) is 3.92. The molecule has 1 aromatic heterocycles. The van der Waals surface area contributed by atoms with Crippen LogP contribution >= 0.6 is 11.6 Å². The highest BCUT2D eigenvalue weighted by atomic mass is 35.5. The van der Waals surface area contributed by atoms with Gasteiger partial charge in [0, 0.05) is 22.5 Å². The zero-order valence-electron chi connectivity index (χ0n) is 12.7. The van der Waals surface area contributed by atoms with Crippen LogP contribution in [-0.2, 0) is 0 Å². The van der Waals surface area contributed by atoms with E-state index in [1.807, 2.05) is 24.3 Å². The second-order valence-corrected chi connectivity index (χ2v) is 5.98. The molecule has 0 bridgehead atoms. The van der Waals surface area contributed by atoms with Crippen LogP contribution in [0.1, 0.15) is 50.0 Å². The summed E-state index contributed by atoms with van der Waals surface area (Å²) in [6.07, 6.45) is 4.70. The SMILES string of the molecule is CCCC[C@H](CC)CNC(=O)c1cc2cc(Cl)ccc2[nH]1. The number of carbonyl (C=O) groups is 1. The number of unbranched alkanes of at least 4 members (excludes halogenated alkanes) is 1. The Morgan fingerprint density at radius 1 is 1.33 bits per heavy atom. The van der Waals surface area contributed by atoms with Gasteiger partial charge in [-0.2, -0.15) is 0 Å². The third kappa shape index (κ3) is 4.24. The molecular formula is C17H23ClN2O. The number of hydrogen-bond acceptors (Lipinski definition) is 1. The van der Waals surface area contributed by atoms with E-state index in [-0.39, 0.29) is 5.91 Å². The van der Waals surface area contributed by atoms with E-state index in [1.165, 1.54) is 19.3 Å². The summed E-state index contributed by atoms with van der Waals surface area (Å²) in [6, 6.07) is 7.42. The lowest BCUT2D eigenvalue weighted by atomic mass is 9.99. The van der Waals surface area contributed by atoms with Crippen LogP contribution in [0.2, 0.25) is 5.02 Å². The van der Waals surface area contributed by atoms with Gasteiger partial charge in [0.05, 0.1) is 0 Å². The van der Waals surface area contributed by atoms with Crippen molar-refractivity contribution in [1.82, 2.24) is 10.3 Å². The molecule has 1 aromatic carbocycles. The van der Waals surface area contributed by atoms with Crippen molar-refractivity contribution in [3.8, 4) is 0 Å². The van der Waals surface area contributed by atoms with E-state index >= 15 is 0 Å². The van der Waals surface area contributed by atoms with Crippen molar-refractivity contribution in [1.29, 1.82) is 0 Å². The molecule has 2 N–H and O–H groups in total. The molecular weight excluding hydrogens is 284 g/mol. The van der Waals surface area contributed by atoms with Crippen LogP contribution in [-0.4, -0.2) is 17.4 Å². The summed E-state index contributed by atoms with van der Waals surface area (Å²) in [6.45, 7) is 5.11. The minimum absolute atomic E-state index is 0.0442. The highest BCUT2D eigenvalue weighted by Gasteiger charge is 2.12. The molecule has 3 nitrogen and oxygen atoms in total. The van der Waals surface area contributed by atoms with Gasteiger partial charge >= 0.3 is 0 Å². The van der Waals surface area contributed by atoms with Crippen molar-refractivity contribution in [2.75, 3.05) is 6.54 Å². The molecule has 0 radical (unpaired) electrons. The molecule has 1 heterocycles. The molecule has 2 rings (SSSR count). The maximum absolute atomic E-state index is 12.2. The van der Waals surface area contributed by atoms with E-state index in [4.69, 9.17) is 11.6 Å². The van der Waals surface area contributed by atoms with Crippen molar-refractivity contribution < 1.29 is 4.79 Å². The van der Waals surface area contributed by atoms with Gasteiger partial charge < -0.3 is 10.3 Å². The number of aromatic nitrogens is 1. The molecule has 0 spiro atoms. The third-order valence-corrected chi connectivity index (χ3v) is 4.16. The zero-order chi connectivity index (χ0) is 15.2. The zero-order valence-corrected chi connectivity index (χ0v) is 13.5. The van der Waals surface area contributed by atoms with Crippen molar-refractivity contribution >= 4 is 28.4 Å². The largest absolute Gasteiger partial charge is 0.351 e. The smallest absolute Gasteiger partial charge is 0.267 e. The predicted molar refractivity (Wildman–Crippen MR) is 88.9 cm³/mol. The fourth-order valence-corrected chi connectivity index (χ4v) is 2.68. The average Bonchev–Trinajstić information content (AvgIpc) is 2.90. The van der Waals surface area contributed by atoms with Gasteiger partial charge in [0.1, 0.15) is 5.69 Å². The molecule has 1 atom stereocenters. The number of fused-ring (bicyclic) bond motifs is 1. The lowest BCUT2D eigenvalue weighted by Crippen LogP contribution is -2.29. The minimum Gasteiger partial charge on any atom is -0.351 e. The molecule has 0 saturated carbocycles. The van der Waals surface area contributed by atoms with E-state index in [1.54, 1.807) is 0 Å². The van der Waals surface area contributed by atoms with Crippen LogP contribution in [0.15, 0.2) is 24.3 Å². The number of nitrogens with one attached hydrogen (secondary N) is 2. The molecule has 0 saturated heterocycles. The first-order valence-corrected chi connectivity index (χ1v) is 8.08. The molecule has 0 aliphatic heterocycles. The van der Waals surface area contributed by atoms with Crippen LogP contribution in [0.3, 0.4) is 0 Å². The van der Waals surface area contributed by atoms with E-state index in [0.717, 1.165) is 23.9 Å². The Bertz CT molecular complexity index is 606. The quantitative estimate of drug-likeness (QED) is 0.760. The summed E-state index contributed by atoms with van der Waals surface area (Å²) in [5.41, 5.74) is 1.53. The van der Waals surface area contributed by atoms with Crippen LogP contribution in [0.5, 0.6) is 0 Å². The van der Waals surface area contributed by atoms with Gasteiger partial charge in [-0.15, -0.1) is 0 Å². The van der Waals surface area contributed by atoms with Gasteiger partial charge in [-0.05, 0) is 36.6 Å². The molecule has 114 valence electrons. The average molecular weight is 307 g/mol. The first-order chi connectivity index (χ1) is 10.1. The molecule has 1 amide bonds. The van der Waals surface area contributed by atoms with Crippen LogP contribution in [0.25, 0.3) is 10.9 Å². The molecule has 0 unspecified atom stereocenters. The Morgan fingerprint density at radius 2 is 2.14 bits per heavy atom. The first-order valence-electron chi connectivity index (χ1n) is 7.70. The number of hydrogen-bond donors (Lipinski definition) is 2. The van der Waals surface area contributed by atoms with E-state index in [0.29, 0.717) is 16.6 Å². The fourth-order valence-electron chi connectivity index (χ4n) is 2.50. The standard InChI is InChI=1S/C17H23ClN2O/c1-3-5-6-12(4-2)11-19-17(21)16-10-13-9-14(18)7-8-15(13)20-16/h7-10,12,20H,3-6,11H2,1-2H3,(H,19,21)/t12-/m0/s1. The lowest BCUT2D eigenvalue weighted by molar-refractivity contribution is 0.0941. The molecule has 2 aromatic rings. The second-order valence-electron chi connectivity index (χ2n) is 5.54. The lowest BCUT2D eigenvalue weighted by Gasteiger charge is -2.14. The van der Waals surface area contributed by atoms with Crippen LogP contribution in [0, 0.1) is 5.92 Å². The normalized spacial score (nSPS) is 12.5. The highest BCUT2D eigenvalue weighted by molar-refractivity contribution is 6.31. The summed E-state index contributed by atoms with van der Waals surface area (Å²) in [4.78, 5) is 15.4. The molecule has 0 fully saturated rings. The second kappa shape index (κ2) is 7.51. The monoisotopic (exact) mass is 306 g/mol. The topological polar surface area (TPSA) is 44.9 Å². The van der Waals surface area contributed by atoms with Gasteiger partial charge in [0.2, 0.25) is 0 Å². The maximum atomic E-state index is 12.2. The van der Waals surface area contributed by atoms with Crippen molar-refractivity contribution in [3.63, 3.8) is 0 Å². The number of amides is 1. The first kappa shape index (κ1) is 15.9. The summed E-state index contributed by atoms with van der Waals surface area (Å²) >= 11 is 5.96. The number of halogens is 1.